The van der Waals surface area contributed by atoms with Gasteiger partial charge in [-0.2, -0.15) is 0 Å². The van der Waals surface area contributed by atoms with E-state index in [0.717, 1.165) is 9.13 Å². The summed E-state index contributed by atoms with van der Waals surface area (Å²) in [6.45, 7) is 6.31. The van der Waals surface area contributed by atoms with Crippen LogP contribution in [0.5, 0.6) is 0 Å². The maximum atomic E-state index is 13.5. The summed E-state index contributed by atoms with van der Waals surface area (Å²) in [5, 5.41) is 3.07. The molecule has 5 heteroatoms. The van der Waals surface area contributed by atoms with Gasteiger partial charge in [0.05, 0.1) is 5.56 Å². The molecule has 0 saturated heterocycles. The van der Waals surface area contributed by atoms with E-state index >= 15 is 0 Å². The van der Waals surface area contributed by atoms with Crippen LogP contribution in [0.25, 0.3) is 0 Å². The number of rotatable bonds is 5. The van der Waals surface area contributed by atoms with Crippen molar-refractivity contribution in [3.63, 3.8) is 0 Å². The summed E-state index contributed by atoms with van der Waals surface area (Å²) in [7, 11) is 0. The normalized spacial score (nSPS) is 15.1. The summed E-state index contributed by atoms with van der Waals surface area (Å²) in [6.07, 6.45) is 1.38. The van der Waals surface area contributed by atoms with Crippen LogP contribution in [0.4, 0.5) is 0 Å². The number of carbonyl (C=O) groups is 2. The molecular formula is C22H25IN2O2. The van der Waals surface area contributed by atoms with Gasteiger partial charge in [0.25, 0.3) is 5.91 Å². The SMILES string of the molecule is CC(C)(C)NC(=O)C1(N(Cc2ccccc2)C(=O)c2ccccc2I)CC1. The van der Waals surface area contributed by atoms with Gasteiger partial charge in [0.15, 0.2) is 0 Å². The van der Waals surface area contributed by atoms with Crippen molar-refractivity contribution < 1.29 is 9.59 Å². The molecule has 0 radical (unpaired) electrons. The Hall–Kier alpha value is -1.89. The van der Waals surface area contributed by atoms with Crippen LogP contribution in [0.1, 0.15) is 49.5 Å². The summed E-state index contributed by atoms with van der Waals surface area (Å²) in [6, 6.07) is 17.4. The summed E-state index contributed by atoms with van der Waals surface area (Å²) < 4.78 is 0.894. The van der Waals surface area contributed by atoms with Crippen molar-refractivity contribution in [2.45, 2.75) is 51.2 Å². The third-order valence-electron chi connectivity index (χ3n) is 4.68. The van der Waals surface area contributed by atoms with Gasteiger partial charge in [0.2, 0.25) is 5.91 Å². The highest BCUT2D eigenvalue weighted by Gasteiger charge is 2.57. The van der Waals surface area contributed by atoms with Gasteiger partial charge in [-0.05, 0) is 73.9 Å². The second-order valence-corrected chi connectivity index (χ2v) is 9.25. The lowest BCUT2D eigenvalue weighted by atomic mass is 10.0. The lowest BCUT2D eigenvalue weighted by molar-refractivity contribution is -0.128. The van der Waals surface area contributed by atoms with E-state index in [4.69, 9.17) is 0 Å². The van der Waals surface area contributed by atoms with Crippen molar-refractivity contribution in [2.75, 3.05) is 0 Å². The number of hydrogen-bond acceptors (Lipinski definition) is 2. The number of benzene rings is 2. The fourth-order valence-electron chi connectivity index (χ4n) is 3.16. The first-order chi connectivity index (χ1) is 12.7. The van der Waals surface area contributed by atoms with Crippen LogP contribution in [-0.4, -0.2) is 27.8 Å². The number of carbonyl (C=O) groups excluding carboxylic acids is 2. The van der Waals surface area contributed by atoms with Crippen molar-refractivity contribution >= 4 is 34.4 Å². The van der Waals surface area contributed by atoms with Gasteiger partial charge in [0.1, 0.15) is 5.54 Å². The largest absolute Gasteiger partial charge is 0.349 e. The maximum absolute atomic E-state index is 13.5. The molecule has 2 aromatic carbocycles. The van der Waals surface area contributed by atoms with Gasteiger partial charge in [-0.15, -0.1) is 0 Å². The molecule has 0 spiro atoms. The van der Waals surface area contributed by atoms with Gasteiger partial charge in [-0.25, -0.2) is 0 Å². The zero-order valence-corrected chi connectivity index (χ0v) is 18.1. The topological polar surface area (TPSA) is 49.4 Å². The Morgan fingerprint density at radius 3 is 2.19 bits per heavy atom. The van der Waals surface area contributed by atoms with E-state index in [-0.39, 0.29) is 17.4 Å². The average molecular weight is 476 g/mol. The Bertz CT molecular complexity index is 839. The molecule has 0 heterocycles. The minimum absolute atomic E-state index is 0.0646. The molecule has 142 valence electrons. The Morgan fingerprint density at radius 2 is 1.63 bits per heavy atom. The van der Waals surface area contributed by atoms with Gasteiger partial charge in [-0.1, -0.05) is 42.5 Å². The third kappa shape index (κ3) is 4.51. The first-order valence-corrected chi connectivity index (χ1v) is 10.2. The van der Waals surface area contributed by atoms with E-state index in [1.807, 2.05) is 75.4 Å². The molecule has 0 atom stereocenters. The van der Waals surface area contributed by atoms with Crippen molar-refractivity contribution in [2.24, 2.45) is 0 Å². The molecule has 0 aliphatic heterocycles. The smallest absolute Gasteiger partial charge is 0.256 e. The van der Waals surface area contributed by atoms with Crippen molar-refractivity contribution in [1.29, 1.82) is 0 Å². The highest BCUT2D eigenvalue weighted by molar-refractivity contribution is 14.1. The fraction of sp³-hybridized carbons (Fsp3) is 0.364. The molecule has 1 aliphatic rings. The molecule has 4 nitrogen and oxygen atoms in total. The minimum Gasteiger partial charge on any atom is -0.349 e. The minimum atomic E-state index is -0.765. The monoisotopic (exact) mass is 476 g/mol. The summed E-state index contributed by atoms with van der Waals surface area (Å²) in [5.74, 6) is -0.157. The fourth-order valence-corrected chi connectivity index (χ4v) is 3.78. The quantitative estimate of drug-likeness (QED) is 0.652. The molecule has 3 rings (SSSR count). The van der Waals surface area contributed by atoms with Crippen molar-refractivity contribution in [3.8, 4) is 0 Å². The molecule has 0 bridgehead atoms. The van der Waals surface area contributed by atoms with E-state index < -0.39 is 5.54 Å². The number of hydrogen-bond donors (Lipinski definition) is 1. The first-order valence-electron chi connectivity index (χ1n) is 9.16. The Kier molecular flexibility index (Phi) is 5.60. The lowest BCUT2D eigenvalue weighted by Gasteiger charge is -2.34. The van der Waals surface area contributed by atoms with Crippen LogP contribution < -0.4 is 5.32 Å². The zero-order chi connectivity index (χ0) is 19.7. The molecule has 1 aliphatic carbocycles. The van der Waals surface area contributed by atoms with Crippen LogP contribution in [-0.2, 0) is 11.3 Å². The lowest BCUT2D eigenvalue weighted by Crippen LogP contribution is -2.55. The maximum Gasteiger partial charge on any atom is 0.256 e. The van der Waals surface area contributed by atoms with E-state index in [1.54, 1.807) is 4.90 Å². The highest BCUT2D eigenvalue weighted by atomic mass is 127. The number of nitrogens with one attached hydrogen (secondary N) is 1. The molecule has 2 aromatic rings. The molecule has 2 amide bonds. The Labute approximate surface area is 174 Å². The standard InChI is InChI=1S/C22H25IN2O2/c1-21(2,3)24-20(27)22(13-14-22)25(15-16-9-5-4-6-10-16)19(26)17-11-7-8-12-18(17)23/h4-12H,13-15H2,1-3H3,(H,24,27). The van der Waals surface area contributed by atoms with Gasteiger partial charge in [0, 0.05) is 15.7 Å². The Morgan fingerprint density at radius 1 is 1.04 bits per heavy atom. The zero-order valence-electron chi connectivity index (χ0n) is 16.0. The second-order valence-electron chi connectivity index (χ2n) is 8.09. The summed E-state index contributed by atoms with van der Waals surface area (Å²) in [4.78, 5) is 28.3. The predicted molar refractivity (Wildman–Crippen MR) is 115 cm³/mol. The highest BCUT2D eigenvalue weighted by Crippen LogP contribution is 2.44. The summed E-state index contributed by atoms with van der Waals surface area (Å²) in [5.41, 5.74) is 0.560. The van der Waals surface area contributed by atoms with Gasteiger partial charge >= 0.3 is 0 Å². The number of nitrogens with zero attached hydrogens (tertiary/aromatic N) is 1. The molecular weight excluding hydrogens is 451 g/mol. The molecule has 1 fully saturated rings. The van der Waals surface area contributed by atoms with Crippen LogP contribution in [0.2, 0.25) is 0 Å². The molecule has 1 saturated carbocycles. The molecule has 27 heavy (non-hydrogen) atoms. The first kappa shape index (κ1) is 19.9. The van der Waals surface area contributed by atoms with Gasteiger partial charge in [-0.3, -0.25) is 9.59 Å². The van der Waals surface area contributed by atoms with E-state index in [9.17, 15) is 9.59 Å². The van der Waals surface area contributed by atoms with Crippen LogP contribution in [0.3, 0.4) is 0 Å². The average Bonchev–Trinajstić information content (AvgIpc) is 3.41. The van der Waals surface area contributed by atoms with E-state index in [2.05, 4.69) is 27.9 Å². The number of halogens is 1. The van der Waals surface area contributed by atoms with Crippen LogP contribution in [0, 0.1) is 3.57 Å². The van der Waals surface area contributed by atoms with Crippen LogP contribution >= 0.6 is 22.6 Å². The Balaban J connectivity index is 1.97. The van der Waals surface area contributed by atoms with E-state index in [0.29, 0.717) is 24.9 Å². The van der Waals surface area contributed by atoms with Crippen molar-refractivity contribution in [3.05, 3.63) is 69.3 Å². The third-order valence-corrected chi connectivity index (χ3v) is 5.63. The number of amides is 2. The molecule has 0 aromatic heterocycles. The van der Waals surface area contributed by atoms with Crippen molar-refractivity contribution in [1.82, 2.24) is 10.2 Å². The van der Waals surface area contributed by atoms with Gasteiger partial charge < -0.3 is 10.2 Å². The predicted octanol–water partition coefficient (Wildman–Crippen LogP) is 4.38. The van der Waals surface area contributed by atoms with Crippen LogP contribution in [0.15, 0.2) is 54.6 Å². The summed E-state index contributed by atoms with van der Waals surface area (Å²) >= 11 is 2.18. The second kappa shape index (κ2) is 7.62. The van der Waals surface area contributed by atoms with E-state index in [1.165, 1.54) is 0 Å². The molecule has 1 N–H and O–H groups in total. The molecule has 0 unspecified atom stereocenters.